The van der Waals surface area contributed by atoms with Crippen LogP contribution in [0.15, 0.2) is 53.2 Å². The van der Waals surface area contributed by atoms with Gasteiger partial charge < -0.3 is 18.9 Å². The highest BCUT2D eigenvalue weighted by Gasteiger charge is 2.38. The van der Waals surface area contributed by atoms with E-state index in [1.165, 1.54) is 33.3 Å². The van der Waals surface area contributed by atoms with Gasteiger partial charge in [-0.1, -0.05) is 17.7 Å². The van der Waals surface area contributed by atoms with Crippen LogP contribution in [-0.2, 0) is 14.3 Å². The van der Waals surface area contributed by atoms with Gasteiger partial charge in [0.25, 0.3) is 5.91 Å². The lowest BCUT2D eigenvalue weighted by Gasteiger charge is -2.18. The van der Waals surface area contributed by atoms with E-state index >= 15 is 0 Å². The van der Waals surface area contributed by atoms with Gasteiger partial charge in [0.1, 0.15) is 0 Å². The number of allylic oxidation sites excluding steroid dienone is 1. The Labute approximate surface area is 185 Å². The fraction of sp³-hybridized carbons (Fsp3) is 0.217. The standard InChI is InChI=1S/C23H22ClNO6/c1-13-19(23(27)31-5)17(22(26)25(13)16-8-6-7-15(24)12-16)11-14-9-10-18(28-2)21(30-4)20(14)29-3/h6-12H,1-5H3/b17-11-. The molecule has 0 atom stereocenters. The summed E-state index contributed by atoms with van der Waals surface area (Å²) in [5, 5.41) is 0.469. The Bertz CT molecular complexity index is 1110. The van der Waals surface area contributed by atoms with E-state index < -0.39 is 11.9 Å². The fourth-order valence-electron chi connectivity index (χ4n) is 3.50. The normalized spacial score (nSPS) is 14.8. The van der Waals surface area contributed by atoms with Crippen LogP contribution in [0, 0.1) is 0 Å². The number of carbonyl (C=O) groups is 2. The van der Waals surface area contributed by atoms with Crippen LogP contribution < -0.4 is 19.1 Å². The number of ether oxygens (including phenoxy) is 4. The van der Waals surface area contributed by atoms with Crippen LogP contribution in [0.1, 0.15) is 12.5 Å². The SMILES string of the molecule is COC(=O)C1=C(C)N(c2cccc(Cl)c2)C(=O)/C1=C\c1ccc(OC)c(OC)c1OC. The number of halogens is 1. The highest BCUT2D eigenvalue weighted by molar-refractivity contribution is 6.31. The van der Waals surface area contributed by atoms with Gasteiger partial charge in [0.05, 0.1) is 45.3 Å². The van der Waals surface area contributed by atoms with Gasteiger partial charge in [-0.25, -0.2) is 4.79 Å². The maximum Gasteiger partial charge on any atom is 0.340 e. The Balaban J connectivity index is 2.21. The van der Waals surface area contributed by atoms with E-state index in [1.54, 1.807) is 49.4 Å². The maximum atomic E-state index is 13.4. The van der Waals surface area contributed by atoms with Gasteiger partial charge in [0, 0.05) is 16.3 Å². The van der Waals surface area contributed by atoms with Gasteiger partial charge in [-0.15, -0.1) is 0 Å². The Morgan fingerprint density at radius 1 is 1.00 bits per heavy atom. The molecule has 31 heavy (non-hydrogen) atoms. The van der Waals surface area contributed by atoms with Crippen LogP contribution in [0.2, 0.25) is 5.02 Å². The predicted octanol–water partition coefficient (Wildman–Crippen LogP) is 4.24. The van der Waals surface area contributed by atoms with Crippen molar-refractivity contribution in [1.29, 1.82) is 0 Å². The molecule has 8 heteroatoms. The largest absolute Gasteiger partial charge is 0.493 e. The van der Waals surface area contributed by atoms with Gasteiger partial charge in [0.15, 0.2) is 11.5 Å². The number of hydrogen-bond acceptors (Lipinski definition) is 6. The molecular formula is C23H22ClNO6. The van der Waals surface area contributed by atoms with Gasteiger partial charge in [-0.3, -0.25) is 9.69 Å². The van der Waals surface area contributed by atoms with E-state index in [2.05, 4.69) is 0 Å². The lowest BCUT2D eigenvalue weighted by molar-refractivity contribution is -0.136. The van der Waals surface area contributed by atoms with Crippen molar-refractivity contribution in [3.8, 4) is 17.2 Å². The molecule has 0 spiro atoms. The molecule has 0 saturated carbocycles. The summed E-state index contributed by atoms with van der Waals surface area (Å²) in [6.45, 7) is 1.68. The lowest BCUT2D eigenvalue weighted by atomic mass is 10.0. The first-order chi connectivity index (χ1) is 14.9. The minimum atomic E-state index is -0.624. The number of nitrogens with zero attached hydrogens (tertiary/aromatic N) is 1. The number of anilines is 1. The molecule has 0 saturated heterocycles. The van der Waals surface area contributed by atoms with Crippen molar-refractivity contribution < 1.29 is 28.5 Å². The summed E-state index contributed by atoms with van der Waals surface area (Å²) < 4.78 is 21.2. The maximum absolute atomic E-state index is 13.4. The van der Waals surface area contributed by atoms with Crippen molar-refractivity contribution in [3.63, 3.8) is 0 Å². The van der Waals surface area contributed by atoms with Gasteiger partial charge >= 0.3 is 5.97 Å². The first kappa shape index (κ1) is 22.2. The number of esters is 1. The van der Waals surface area contributed by atoms with Crippen LogP contribution in [0.25, 0.3) is 6.08 Å². The topological polar surface area (TPSA) is 74.3 Å². The summed E-state index contributed by atoms with van der Waals surface area (Å²) in [5.41, 5.74) is 1.83. The zero-order valence-electron chi connectivity index (χ0n) is 17.8. The Morgan fingerprint density at radius 2 is 1.71 bits per heavy atom. The van der Waals surface area contributed by atoms with Crippen LogP contribution in [-0.4, -0.2) is 40.3 Å². The number of carbonyl (C=O) groups excluding carboxylic acids is 2. The zero-order valence-corrected chi connectivity index (χ0v) is 18.6. The van der Waals surface area contributed by atoms with E-state index in [0.717, 1.165) is 0 Å². The molecule has 0 aromatic heterocycles. The van der Waals surface area contributed by atoms with Crippen molar-refractivity contribution in [2.45, 2.75) is 6.92 Å². The summed E-state index contributed by atoms with van der Waals surface area (Å²) in [6.07, 6.45) is 1.57. The minimum Gasteiger partial charge on any atom is -0.493 e. The van der Waals surface area contributed by atoms with Gasteiger partial charge in [-0.2, -0.15) is 0 Å². The monoisotopic (exact) mass is 443 g/mol. The molecule has 0 N–H and O–H groups in total. The van der Waals surface area contributed by atoms with Crippen molar-refractivity contribution in [2.24, 2.45) is 0 Å². The smallest absolute Gasteiger partial charge is 0.340 e. The quantitative estimate of drug-likeness (QED) is 0.491. The molecule has 2 aromatic rings. The van der Waals surface area contributed by atoms with Crippen molar-refractivity contribution in [2.75, 3.05) is 33.3 Å². The van der Waals surface area contributed by atoms with E-state index in [1.807, 2.05) is 0 Å². The number of amides is 1. The highest BCUT2D eigenvalue weighted by Crippen LogP contribution is 2.42. The fourth-order valence-corrected chi connectivity index (χ4v) is 3.68. The molecule has 0 radical (unpaired) electrons. The van der Waals surface area contributed by atoms with Crippen LogP contribution in [0.5, 0.6) is 17.2 Å². The molecule has 0 fully saturated rings. The lowest BCUT2D eigenvalue weighted by Crippen LogP contribution is -2.24. The number of methoxy groups -OCH3 is 4. The second kappa shape index (κ2) is 9.14. The average Bonchev–Trinajstić information content (AvgIpc) is 3.01. The molecule has 0 unspecified atom stereocenters. The summed E-state index contributed by atoms with van der Waals surface area (Å²) in [5.74, 6) is 0.194. The zero-order chi connectivity index (χ0) is 22.7. The number of hydrogen-bond donors (Lipinski definition) is 0. The third kappa shape index (κ3) is 3.96. The second-order valence-electron chi connectivity index (χ2n) is 6.55. The number of rotatable bonds is 6. The van der Waals surface area contributed by atoms with E-state index in [-0.39, 0.29) is 11.1 Å². The Morgan fingerprint density at radius 3 is 2.29 bits per heavy atom. The average molecular weight is 444 g/mol. The van der Waals surface area contributed by atoms with E-state index in [9.17, 15) is 9.59 Å². The Kier molecular flexibility index (Phi) is 6.56. The first-order valence-electron chi connectivity index (χ1n) is 9.28. The molecule has 1 aliphatic rings. The molecular weight excluding hydrogens is 422 g/mol. The molecule has 0 aliphatic carbocycles. The molecule has 3 rings (SSSR count). The summed E-state index contributed by atoms with van der Waals surface area (Å²) in [4.78, 5) is 27.4. The molecule has 162 valence electrons. The number of benzene rings is 2. The van der Waals surface area contributed by atoms with Gasteiger partial charge in [0.2, 0.25) is 5.75 Å². The molecule has 2 aromatic carbocycles. The predicted molar refractivity (Wildman–Crippen MR) is 118 cm³/mol. The van der Waals surface area contributed by atoms with E-state index in [0.29, 0.717) is 39.2 Å². The molecule has 1 heterocycles. The molecule has 0 bridgehead atoms. The van der Waals surface area contributed by atoms with Crippen molar-refractivity contribution in [3.05, 3.63) is 63.8 Å². The van der Waals surface area contributed by atoms with Crippen LogP contribution in [0.4, 0.5) is 5.69 Å². The van der Waals surface area contributed by atoms with Crippen LogP contribution in [0.3, 0.4) is 0 Å². The Hall–Kier alpha value is -3.45. The molecule has 1 aliphatic heterocycles. The minimum absolute atomic E-state index is 0.157. The second-order valence-corrected chi connectivity index (χ2v) is 6.99. The summed E-state index contributed by atoms with van der Waals surface area (Å²) in [7, 11) is 5.75. The third-order valence-corrected chi connectivity index (χ3v) is 5.13. The summed E-state index contributed by atoms with van der Waals surface area (Å²) >= 11 is 6.11. The van der Waals surface area contributed by atoms with E-state index in [4.69, 9.17) is 30.5 Å². The highest BCUT2D eigenvalue weighted by atomic mass is 35.5. The molecule has 1 amide bonds. The van der Waals surface area contributed by atoms with Crippen LogP contribution >= 0.6 is 11.6 Å². The van der Waals surface area contributed by atoms with Gasteiger partial charge in [-0.05, 0) is 43.3 Å². The first-order valence-corrected chi connectivity index (χ1v) is 9.65. The molecule has 7 nitrogen and oxygen atoms in total. The van der Waals surface area contributed by atoms with Crippen molar-refractivity contribution >= 4 is 35.2 Å². The summed E-state index contributed by atoms with van der Waals surface area (Å²) in [6, 6.07) is 10.2. The van der Waals surface area contributed by atoms with Crippen molar-refractivity contribution in [1.82, 2.24) is 0 Å². The third-order valence-electron chi connectivity index (χ3n) is 4.89.